The predicted molar refractivity (Wildman–Crippen MR) is 63.6 cm³/mol. The normalized spacial score (nSPS) is 10.1. The molecule has 0 aliphatic carbocycles. The molecule has 0 aromatic heterocycles. The minimum Gasteiger partial charge on any atom is -0.465 e. The highest BCUT2D eigenvalue weighted by atomic mass is 32.1. The van der Waals surface area contributed by atoms with Gasteiger partial charge >= 0.3 is 5.97 Å². The Bertz CT molecular complexity index is 347. The van der Waals surface area contributed by atoms with E-state index in [-0.39, 0.29) is 5.97 Å². The fraction of sp³-hybridized carbons (Fsp3) is 0.417. The Morgan fingerprint density at radius 1 is 1.47 bits per heavy atom. The van der Waals surface area contributed by atoms with Crippen LogP contribution in [0.25, 0.3) is 0 Å². The van der Waals surface area contributed by atoms with Gasteiger partial charge < -0.3 is 4.74 Å². The molecule has 0 aliphatic rings. The number of rotatable bonds is 4. The Kier molecular flexibility index (Phi) is 4.69. The van der Waals surface area contributed by atoms with Crippen molar-refractivity contribution in [1.82, 2.24) is 0 Å². The van der Waals surface area contributed by atoms with Gasteiger partial charge in [0.1, 0.15) is 0 Å². The van der Waals surface area contributed by atoms with Crippen molar-refractivity contribution in [2.45, 2.75) is 31.1 Å². The summed E-state index contributed by atoms with van der Waals surface area (Å²) in [5, 5.41) is 0. The minimum absolute atomic E-state index is 0.331. The zero-order chi connectivity index (χ0) is 11.3. The molecular formula is C12H16O2S. The van der Waals surface area contributed by atoms with Crippen LogP contribution in [0.5, 0.6) is 0 Å². The summed E-state index contributed by atoms with van der Waals surface area (Å²) in [6, 6.07) is 5.67. The molecule has 15 heavy (non-hydrogen) atoms. The van der Waals surface area contributed by atoms with Crippen molar-refractivity contribution < 1.29 is 9.53 Å². The highest BCUT2D eigenvalue weighted by molar-refractivity contribution is 7.80. The minimum atomic E-state index is -0.331. The first kappa shape index (κ1) is 12.1. The van der Waals surface area contributed by atoms with Crippen LogP contribution in [-0.2, 0) is 11.2 Å². The van der Waals surface area contributed by atoms with Gasteiger partial charge in [0.25, 0.3) is 0 Å². The van der Waals surface area contributed by atoms with Gasteiger partial charge in [0, 0.05) is 4.90 Å². The SMILES string of the molecule is CCCCc1ccc(C(=O)OC)c(S)c1. The fourth-order valence-corrected chi connectivity index (χ4v) is 1.73. The highest BCUT2D eigenvalue weighted by Crippen LogP contribution is 2.18. The summed E-state index contributed by atoms with van der Waals surface area (Å²) in [5.41, 5.74) is 1.75. The van der Waals surface area contributed by atoms with Crippen LogP contribution in [0.4, 0.5) is 0 Å². The van der Waals surface area contributed by atoms with E-state index in [1.807, 2.05) is 12.1 Å². The van der Waals surface area contributed by atoms with E-state index in [0.29, 0.717) is 10.5 Å². The Morgan fingerprint density at radius 2 is 2.20 bits per heavy atom. The maximum absolute atomic E-state index is 11.3. The predicted octanol–water partition coefficient (Wildman–Crippen LogP) is 3.10. The van der Waals surface area contributed by atoms with E-state index in [4.69, 9.17) is 0 Å². The number of benzene rings is 1. The lowest BCUT2D eigenvalue weighted by Crippen LogP contribution is -2.02. The topological polar surface area (TPSA) is 26.3 Å². The van der Waals surface area contributed by atoms with E-state index in [1.54, 1.807) is 6.07 Å². The number of unbranched alkanes of at least 4 members (excludes halogenated alkanes) is 1. The molecular weight excluding hydrogens is 208 g/mol. The maximum Gasteiger partial charge on any atom is 0.338 e. The first-order valence-corrected chi connectivity index (χ1v) is 5.54. The molecule has 1 aromatic carbocycles. The molecule has 3 heteroatoms. The van der Waals surface area contributed by atoms with E-state index < -0.39 is 0 Å². The van der Waals surface area contributed by atoms with Crippen LogP contribution in [0.1, 0.15) is 35.7 Å². The standard InChI is InChI=1S/C12H16O2S/c1-3-4-5-9-6-7-10(11(15)8-9)12(13)14-2/h6-8,15H,3-5H2,1-2H3. The molecule has 0 unspecified atom stereocenters. The molecule has 0 saturated heterocycles. The number of hydrogen-bond acceptors (Lipinski definition) is 3. The van der Waals surface area contributed by atoms with Crippen molar-refractivity contribution in [1.29, 1.82) is 0 Å². The summed E-state index contributed by atoms with van der Waals surface area (Å²) in [5.74, 6) is -0.331. The van der Waals surface area contributed by atoms with Crippen molar-refractivity contribution in [3.05, 3.63) is 29.3 Å². The van der Waals surface area contributed by atoms with E-state index in [2.05, 4.69) is 24.3 Å². The van der Waals surface area contributed by atoms with Gasteiger partial charge in [-0.2, -0.15) is 0 Å². The lowest BCUT2D eigenvalue weighted by Gasteiger charge is -2.05. The molecule has 0 radical (unpaired) electrons. The molecule has 0 atom stereocenters. The number of carbonyl (C=O) groups is 1. The number of methoxy groups -OCH3 is 1. The third-order valence-corrected chi connectivity index (χ3v) is 2.66. The van der Waals surface area contributed by atoms with Crippen LogP contribution in [0.15, 0.2) is 23.1 Å². The lowest BCUT2D eigenvalue weighted by molar-refractivity contribution is 0.0597. The van der Waals surface area contributed by atoms with Crippen LogP contribution in [0.2, 0.25) is 0 Å². The Balaban J connectivity index is 2.83. The average Bonchev–Trinajstić information content (AvgIpc) is 2.25. The van der Waals surface area contributed by atoms with Gasteiger partial charge in [-0.25, -0.2) is 4.79 Å². The third-order valence-electron chi connectivity index (χ3n) is 2.29. The molecule has 2 nitrogen and oxygen atoms in total. The Labute approximate surface area is 96.1 Å². The third kappa shape index (κ3) is 3.27. The smallest absolute Gasteiger partial charge is 0.338 e. The van der Waals surface area contributed by atoms with E-state index in [1.165, 1.54) is 19.1 Å². The number of hydrogen-bond donors (Lipinski definition) is 1. The van der Waals surface area contributed by atoms with Gasteiger partial charge in [-0.15, -0.1) is 12.6 Å². The zero-order valence-corrected chi connectivity index (χ0v) is 10.0. The molecule has 0 bridgehead atoms. The summed E-state index contributed by atoms with van der Waals surface area (Å²) in [7, 11) is 1.38. The summed E-state index contributed by atoms with van der Waals surface area (Å²) in [6.45, 7) is 2.16. The number of ether oxygens (including phenoxy) is 1. The van der Waals surface area contributed by atoms with Gasteiger partial charge in [0.15, 0.2) is 0 Å². The largest absolute Gasteiger partial charge is 0.465 e. The van der Waals surface area contributed by atoms with E-state index >= 15 is 0 Å². The van der Waals surface area contributed by atoms with Crippen molar-refractivity contribution >= 4 is 18.6 Å². The summed E-state index contributed by atoms with van der Waals surface area (Å²) >= 11 is 4.28. The molecule has 1 aromatic rings. The second kappa shape index (κ2) is 5.81. The Morgan fingerprint density at radius 3 is 2.73 bits per heavy atom. The first-order valence-electron chi connectivity index (χ1n) is 5.09. The molecule has 0 aliphatic heterocycles. The van der Waals surface area contributed by atoms with Crippen LogP contribution >= 0.6 is 12.6 Å². The fourth-order valence-electron chi connectivity index (χ4n) is 1.40. The molecule has 82 valence electrons. The van der Waals surface area contributed by atoms with Gasteiger partial charge in [0.05, 0.1) is 12.7 Å². The molecule has 0 saturated carbocycles. The summed E-state index contributed by atoms with van der Waals surface area (Å²) in [4.78, 5) is 12.0. The number of esters is 1. The molecule has 0 amide bonds. The maximum atomic E-state index is 11.3. The van der Waals surface area contributed by atoms with E-state index in [0.717, 1.165) is 12.8 Å². The van der Waals surface area contributed by atoms with Crippen molar-refractivity contribution in [3.63, 3.8) is 0 Å². The molecule has 0 N–H and O–H groups in total. The van der Waals surface area contributed by atoms with Gasteiger partial charge in [-0.3, -0.25) is 0 Å². The Hall–Kier alpha value is -0.960. The van der Waals surface area contributed by atoms with Gasteiger partial charge in [-0.05, 0) is 30.5 Å². The van der Waals surface area contributed by atoms with Crippen molar-refractivity contribution in [3.8, 4) is 0 Å². The summed E-state index contributed by atoms with van der Waals surface area (Å²) < 4.78 is 4.65. The van der Waals surface area contributed by atoms with Crippen LogP contribution in [0, 0.1) is 0 Å². The molecule has 0 spiro atoms. The number of aryl methyl sites for hydroxylation is 1. The monoisotopic (exact) mass is 224 g/mol. The number of carbonyl (C=O) groups excluding carboxylic acids is 1. The second-order valence-corrected chi connectivity index (χ2v) is 3.93. The number of thiol groups is 1. The lowest BCUT2D eigenvalue weighted by atomic mass is 10.1. The van der Waals surface area contributed by atoms with E-state index in [9.17, 15) is 4.79 Å². The van der Waals surface area contributed by atoms with Crippen molar-refractivity contribution in [2.24, 2.45) is 0 Å². The highest BCUT2D eigenvalue weighted by Gasteiger charge is 2.09. The summed E-state index contributed by atoms with van der Waals surface area (Å²) in [6.07, 6.45) is 3.36. The molecule has 0 heterocycles. The van der Waals surface area contributed by atoms with Crippen LogP contribution in [-0.4, -0.2) is 13.1 Å². The van der Waals surface area contributed by atoms with Crippen LogP contribution in [0.3, 0.4) is 0 Å². The van der Waals surface area contributed by atoms with Crippen molar-refractivity contribution in [2.75, 3.05) is 7.11 Å². The van der Waals surface area contributed by atoms with Gasteiger partial charge in [-0.1, -0.05) is 19.4 Å². The zero-order valence-electron chi connectivity index (χ0n) is 9.12. The molecule has 0 fully saturated rings. The molecule has 1 rings (SSSR count). The van der Waals surface area contributed by atoms with Gasteiger partial charge in [0.2, 0.25) is 0 Å². The van der Waals surface area contributed by atoms with Crippen LogP contribution < -0.4 is 0 Å². The second-order valence-electron chi connectivity index (χ2n) is 3.45. The quantitative estimate of drug-likeness (QED) is 0.628. The first-order chi connectivity index (χ1) is 7.19. The average molecular weight is 224 g/mol.